The molecule has 1 saturated heterocycles. The Morgan fingerprint density at radius 2 is 1.66 bits per heavy atom. The van der Waals surface area contributed by atoms with E-state index in [1.807, 2.05) is 57.5 Å². The Bertz CT molecular complexity index is 2550. The number of fused-ring (bicyclic) bond motifs is 1. The molecule has 3 aromatic carbocycles. The second-order valence-electron chi connectivity index (χ2n) is 18.6. The van der Waals surface area contributed by atoms with Gasteiger partial charge in [0.15, 0.2) is 11.5 Å². The predicted octanol–water partition coefficient (Wildman–Crippen LogP) is 9.07. The number of carbonyl (C=O) groups is 3. The summed E-state index contributed by atoms with van der Waals surface area (Å²) in [4.78, 5) is 56.7. The van der Waals surface area contributed by atoms with Gasteiger partial charge in [0.05, 0.1) is 53.0 Å². The van der Waals surface area contributed by atoms with E-state index >= 15 is 0 Å². The number of aromatic nitrogens is 3. The van der Waals surface area contributed by atoms with Crippen molar-refractivity contribution in [3.63, 3.8) is 0 Å². The minimum atomic E-state index is -4.54. The number of rotatable bonds is 20. The molecule has 0 radical (unpaired) electrons. The Morgan fingerprint density at radius 3 is 2.32 bits per heavy atom. The minimum absolute atomic E-state index is 0.00118. The summed E-state index contributed by atoms with van der Waals surface area (Å²) in [6.45, 7) is 11.7. The number of benzene rings is 3. The van der Waals surface area contributed by atoms with Crippen molar-refractivity contribution in [2.45, 2.75) is 130 Å². The van der Waals surface area contributed by atoms with E-state index in [-0.39, 0.29) is 43.4 Å². The van der Waals surface area contributed by atoms with Gasteiger partial charge in [-0.15, -0.1) is 11.3 Å². The first-order valence-corrected chi connectivity index (χ1v) is 23.9. The number of nitrogens with two attached hydrogens (primary N) is 1. The Morgan fingerprint density at radius 1 is 0.956 bits per heavy atom. The molecule has 0 unspecified atom stereocenters. The number of anilines is 2. The summed E-state index contributed by atoms with van der Waals surface area (Å²) >= 11 is 1.57. The number of aliphatic hydroxyl groups is 1. The molecule has 1 fully saturated rings. The second-order valence-corrected chi connectivity index (χ2v) is 19.4. The molecule has 3 amide bonds. The van der Waals surface area contributed by atoms with Crippen LogP contribution in [0.25, 0.3) is 21.3 Å². The van der Waals surface area contributed by atoms with Crippen LogP contribution in [0.4, 0.5) is 24.7 Å². The van der Waals surface area contributed by atoms with Gasteiger partial charge >= 0.3 is 6.18 Å². The summed E-state index contributed by atoms with van der Waals surface area (Å²) in [7, 11) is 1.53. The van der Waals surface area contributed by atoms with Crippen molar-refractivity contribution in [1.82, 2.24) is 30.5 Å². The van der Waals surface area contributed by atoms with Gasteiger partial charge in [-0.2, -0.15) is 13.2 Å². The van der Waals surface area contributed by atoms with E-state index in [0.29, 0.717) is 52.6 Å². The molecule has 0 saturated carbocycles. The molecule has 1 aliphatic rings. The van der Waals surface area contributed by atoms with E-state index in [4.69, 9.17) is 15.2 Å². The van der Waals surface area contributed by atoms with Crippen molar-refractivity contribution in [3.8, 4) is 21.9 Å². The lowest BCUT2D eigenvalue weighted by molar-refractivity contribution is -0.144. The first kappa shape index (κ1) is 51.4. The van der Waals surface area contributed by atoms with E-state index in [1.54, 1.807) is 37.3 Å². The number of nitrogens with zero attached hydrogens (tertiary/aromatic N) is 4. The maximum atomic E-state index is 14.0. The van der Waals surface area contributed by atoms with Gasteiger partial charge in [0.25, 0.3) is 0 Å². The van der Waals surface area contributed by atoms with Gasteiger partial charge in [-0.25, -0.2) is 15.0 Å². The normalized spacial score (nSPS) is 16.1. The third-order valence-corrected chi connectivity index (χ3v) is 13.0. The molecular weight excluding hydrogens is 898 g/mol. The molecule has 6 N–H and O–H groups in total. The molecule has 0 aliphatic carbocycles. The van der Waals surface area contributed by atoms with Crippen molar-refractivity contribution >= 4 is 51.5 Å². The van der Waals surface area contributed by atoms with Crippen LogP contribution in [-0.2, 0) is 27.1 Å². The number of hydrogen-bond donors (Lipinski definition) is 5. The van der Waals surface area contributed by atoms with E-state index in [1.165, 1.54) is 18.1 Å². The lowest BCUT2D eigenvalue weighted by Gasteiger charge is -2.35. The number of ether oxygens (including phenoxy) is 2. The molecule has 0 bridgehead atoms. The number of likely N-dealkylation sites (tertiary alicyclic amines) is 1. The number of alkyl halides is 3. The van der Waals surface area contributed by atoms with Gasteiger partial charge in [-0.1, -0.05) is 70.7 Å². The number of nitrogen functional groups attached to an aromatic ring is 1. The summed E-state index contributed by atoms with van der Waals surface area (Å²) in [6.07, 6.45) is -0.154. The highest BCUT2D eigenvalue weighted by molar-refractivity contribution is 7.13. The fraction of sp³-hybridized carbons (Fsp3) is 0.480. The number of β-amino-alcohol motifs (C(OH)–C–C–N with tert-alkyl or cyclic N) is 1. The highest BCUT2D eigenvalue weighted by Crippen LogP contribution is 2.37. The van der Waals surface area contributed by atoms with Crippen LogP contribution in [0, 0.1) is 19.3 Å². The molecular formula is C50H63F3N8O6S. The lowest BCUT2D eigenvalue weighted by Crippen LogP contribution is -2.57. The van der Waals surface area contributed by atoms with Crippen LogP contribution >= 0.6 is 11.3 Å². The number of amides is 3. The number of aryl methyl sites for hydroxylation is 2. The van der Waals surface area contributed by atoms with Crippen LogP contribution in [0.5, 0.6) is 11.5 Å². The third kappa shape index (κ3) is 13.4. The van der Waals surface area contributed by atoms with Gasteiger partial charge in [0, 0.05) is 43.1 Å². The van der Waals surface area contributed by atoms with Crippen molar-refractivity contribution in [2.24, 2.45) is 5.41 Å². The lowest BCUT2D eigenvalue weighted by atomic mass is 9.85. The van der Waals surface area contributed by atoms with Crippen LogP contribution in [0.2, 0.25) is 0 Å². The molecule has 14 nitrogen and oxygen atoms in total. The maximum Gasteiger partial charge on any atom is 0.416 e. The molecule has 3 heterocycles. The standard InChI is InChI=1S/C50H63F3N8O6S/c1-29(34-20-35(50(51,52)53)22-36(54)21-34)57-46-38-24-42(41(66-7)25-39(38)58-31(3)59-46)67-19-13-11-9-8-10-12-14-43(63)60-45(49(4,5)6)48(65)61-27-37(62)23-40(61)47(64)55-26-32-15-17-33(18-16-32)44-30(2)56-28-68-44/h15-18,20-22,24-25,28-29,37,40,45,62H,8-14,19,23,26-27,54H2,1-7H3,(H,55,64)(H,60,63)(H,57,58,59)/t29-,37-,40+,45-/m1/s1. The van der Waals surface area contributed by atoms with E-state index < -0.39 is 47.3 Å². The summed E-state index contributed by atoms with van der Waals surface area (Å²) < 4.78 is 52.4. The summed E-state index contributed by atoms with van der Waals surface area (Å²) in [5.74, 6) is 0.840. The first-order chi connectivity index (χ1) is 32.2. The third-order valence-electron chi connectivity index (χ3n) is 12.0. The molecule has 18 heteroatoms. The molecule has 5 aromatic rings. The SMILES string of the molecule is COc1cc2nc(C)nc(N[C@H](C)c3cc(N)cc(C(F)(F)F)c3)c2cc1OCCCCCCCCC(=O)N[C@H](C(=O)N1C[C@H](O)C[C@H]1C(=O)NCc1ccc(-c2scnc2C)cc1)C(C)(C)C. The van der Waals surface area contributed by atoms with E-state index in [9.17, 15) is 32.7 Å². The zero-order valence-corrected chi connectivity index (χ0v) is 40.6. The summed E-state index contributed by atoms with van der Waals surface area (Å²) in [6, 6.07) is 12.5. The minimum Gasteiger partial charge on any atom is -0.493 e. The number of nitrogens with one attached hydrogen (secondary N) is 3. The highest BCUT2D eigenvalue weighted by atomic mass is 32.1. The fourth-order valence-electron chi connectivity index (χ4n) is 8.30. The molecule has 0 spiro atoms. The quantitative estimate of drug-likeness (QED) is 0.0369. The van der Waals surface area contributed by atoms with E-state index in [2.05, 4.69) is 30.9 Å². The van der Waals surface area contributed by atoms with Crippen LogP contribution in [-0.4, -0.2) is 81.1 Å². The van der Waals surface area contributed by atoms with Crippen LogP contribution in [0.15, 0.2) is 60.1 Å². The van der Waals surface area contributed by atoms with Gasteiger partial charge in [0.2, 0.25) is 17.7 Å². The monoisotopic (exact) mass is 960 g/mol. The summed E-state index contributed by atoms with van der Waals surface area (Å²) in [5.41, 5.74) is 9.99. The van der Waals surface area contributed by atoms with Gasteiger partial charge in [-0.05, 0) is 80.0 Å². The van der Waals surface area contributed by atoms with Gasteiger partial charge in [-0.3, -0.25) is 14.4 Å². The van der Waals surface area contributed by atoms with Crippen molar-refractivity contribution in [2.75, 3.05) is 31.3 Å². The van der Waals surface area contributed by atoms with Crippen LogP contribution in [0.3, 0.4) is 0 Å². The summed E-state index contributed by atoms with van der Waals surface area (Å²) in [5, 5.41) is 20.3. The zero-order chi connectivity index (χ0) is 49.3. The number of hydrogen-bond acceptors (Lipinski definition) is 12. The largest absolute Gasteiger partial charge is 0.493 e. The number of methoxy groups -OCH3 is 1. The number of carbonyl (C=O) groups excluding carboxylic acids is 3. The number of unbranched alkanes of at least 4 members (excludes halogenated alkanes) is 5. The zero-order valence-electron chi connectivity index (χ0n) is 39.8. The molecule has 4 atom stereocenters. The number of halogens is 3. The van der Waals surface area contributed by atoms with Gasteiger partial charge in [0.1, 0.15) is 23.7 Å². The molecule has 2 aromatic heterocycles. The van der Waals surface area contributed by atoms with Crippen LogP contribution < -0.4 is 31.2 Å². The van der Waals surface area contributed by atoms with Crippen molar-refractivity contribution < 1.29 is 42.1 Å². The molecule has 68 heavy (non-hydrogen) atoms. The van der Waals surface area contributed by atoms with E-state index in [0.717, 1.165) is 65.9 Å². The Kier molecular flexibility index (Phi) is 16.9. The second kappa shape index (κ2) is 22.4. The Hall–Kier alpha value is -6.01. The Balaban J connectivity index is 0.941. The fourth-order valence-corrected chi connectivity index (χ4v) is 9.12. The first-order valence-electron chi connectivity index (χ1n) is 23.0. The number of aliphatic hydroxyl groups excluding tert-OH is 1. The van der Waals surface area contributed by atoms with Crippen LogP contribution in [0.1, 0.15) is 113 Å². The topological polar surface area (TPSA) is 194 Å². The Labute approximate surface area is 399 Å². The maximum absolute atomic E-state index is 14.0. The smallest absolute Gasteiger partial charge is 0.416 e. The van der Waals surface area contributed by atoms with Crippen molar-refractivity contribution in [3.05, 3.63) is 88.3 Å². The molecule has 1 aliphatic heterocycles. The van der Waals surface area contributed by atoms with Crippen molar-refractivity contribution in [1.29, 1.82) is 0 Å². The molecule has 366 valence electrons. The highest BCUT2D eigenvalue weighted by Gasteiger charge is 2.44. The average molecular weight is 961 g/mol. The number of thiazole rings is 1. The predicted molar refractivity (Wildman–Crippen MR) is 258 cm³/mol. The molecule has 6 rings (SSSR count). The van der Waals surface area contributed by atoms with Gasteiger partial charge < -0.3 is 41.2 Å². The average Bonchev–Trinajstić information content (AvgIpc) is 3.90.